The normalized spacial score (nSPS) is 19.9. The van der Waals surface area contributed by atoms with Crippen LogP contribution in [-0.4, -0.2) is 53.0 Å². The maximum atomic E-state index is 13.4. The van der Waals surface area contributed by atoms with E-state index in [1.807, 2.05) is 12.1 Å². The van der Waals surface area contributed by atoms with E-state index < -0.39 is 11.3 Å². The van der Waals surface area contributed by atoms with E-state index in [0.29, 0.717) is 36.5 Å². The van der Waals surface area contributed by atoms with Crippen molar-refractivity contribution in [1.82, 2.24) is 9.91 Å². The molecule has 0 radical (unpaired) electrons. The van der Waals surface area contributed by atoms with Crippen LogP contribution < -0.4 is 5.73 Å². The summed E-state index contributed by atoms with van der Waals surface area (Å²) in [6.45, 7) is 0.260. The number of amides is 3. The zero-order chi connectivity index (χ0) is 23.6. The van der Waals surface area contributed by atoms with Gasteiger partial charge in [-0.2, -0.15) is 5.10 Å². The van der Waals surface area contributed by atoms with Crippen molar-refractivity contribution in [2.75, 3.05) is 19.6 Å². The molecule has 1 saturated heterocycles. The van der Waals surface area contributed by atoms with Gasteiger partial charge in [0.15, 0.2) is 0 Å². The lowest BCUT2D eigenvalue weighted by Crippen LogP contribution is -2.56. The van der Waals surface area contributed by atoms with E-state index in [1.165, 1.54) is 12.1 Å². The smallest absolute Gasteiger partial charge is 0.257 e. The van der Waals surface area contributed by atoms with E-state index >= 15 is 0 Å². The summed E-state index contributed by atoms with van der Waals surface area (Å²) in [6, 6.07) is 13.2. The number of benzene rings is 2. The summed E-state index contributed by atoms with van der Waals surface area (Å²) in [7, 11) is 0. The number of piperidine rings is 1. The molecule has 33 heavy (non-hydrogen) atoms. The minimum atomic E-state index is -1.10. The molecular weight excluding hydrogens is 447 g/mol. The molecule has 7 nitrogen and oxygen atoms in total. The average Bonchev–Trinajstić information content (AvgIpc) is 3.05. The molecule has 172 valence electrons. The minimum Gasteiger partial charge on any atom is -0.368 e. The van der Waals surface area contributed by atoms with Crippen molar-refractivity contribution in [1.29, 1.82) is 0 Å². The monoisotopic (exact) mass is 470 g/mol. The second-order valence-electron chi connectivity index (χ2n) is 8.45. The Balaban J connectivity index is 1.54. The number of rotatable bonds is 7. The quantitative estimate of drug-likeness (QED) is 0.673. The molecular formula is C24H24ClFN4O3. The first-order chi connectivity index (χ1) is 15.8. The summed E-state index contributed by atoms with van der Waals surface area (Å²) in [6.07, 6.45) is 1.51. The lowest BCUT2D eigenvalue weighted by molar-refractivity contribution is -0.142. The van der Waals surface area contributed by atoms with Gasteiger partial charge >= 0.3 is 0 Å². The Morgan fingerprint density at radius 2 is 1.76 bits per heavy atom. The van der Waals surface area contributed by atoms with Gasteiger partial charge in [-0.1, -0.05) is 35.9 Å². The van der Waals surface area contributed by atoms with E-state index in [0.717, 1.165) is 16.1 Å². The maximum absolute atomic E-state index is 13.4. The standard InChI is InChI=1S/C24H24ClFN4O3/c25-18-6-1-16(2-7-18)5-10-22(32)29-12-11-20-24(15-29,13-17-3-8-19(26)9-4-17)23(33)30(28-20)14-21(27)31/h1-4,6-9H,5,10-15H2,(H2,27,31)/t24-/m0/s1. The molecule has 0 unspecified atom stereocenters. The van der Waals surface area contributed by atoms with Gasteiger partial charge < -0.3 is 10.6 Å². The highest BCUT2D eigenvalue weighted by molar-refractivity contribution is 6.30. The Morgan fingerprint density at radius 1 is 1.09 bits per heavy atom. The van der Waals surface area contributed by atoms with Gasteiger partial charge in [0.1, 0.15) is 17.8 Å². The van der Waals surface area contributed by atoms with Crippen LogP contribution >= 0.6 is 11.6 Å². The predicted molar refractivity (Wildman–Crippen MR) is 122 cm³/mol. The second-order valence-corrected chi connectivity index (χ2v) is 8.89. The van der Waals surface area contributed by atoms with Crippen LogP contribution in [-0.2, 0) is 27.2 Å². The molecule has 0 aliphatic carbocycles. The number of likely N-dealkylation sites (tertiary alicyclic amines) is 1. The fourth-order valence-electron chi connectivity index (χ4n) is 4.46. The van der Waals surface area contributed by atoms with Crippen molar-refractivity contribution in [3.8, 4) is 0 Å². The molecule has 1 fully saturated rings. The highest BCUT2D eigenvalue weighted by Crippen LogP contribution is 2.38. The first kappa shape index (κ1) is 22.9. The van der Waals surface area contributed by atoms with Crippen molar-refractivity contribution in [2.24, 2.45) is 16.3 Å². The van der Waals surface area contributed by atoms with E-state index in [4.69, 9.17) is 17.3 Å². The minimum absolute atomic E-state index is 0.0661. The third-order valence-corrected chi connectivity index (χ3v) is 6.39. The molecule has 2 aliphatic heterocycles. The van der Waals surface area contributed by atoms with Gasteiger partial charge in [-0.3, -0.25) is 14.4 Å². The van der Waals surface area contributed by atoms with Gasteiger partial charge in [0, 0.05) is 31.0 Å². The van der Waals surface area contributed by atoms with E-state index in [2.05, 4.69) is 5.10 Å². The van der Waals surface area contributed by atoms with Gasteiger partial charge in [0.05, 0.1) is 5.71 Å². The van der Waals surface area contributed by atoms with Crippen LogP contribution in [0.25, 0.3) is 0 Å². The Morgan fingerprint density at radius 3 is 2.42 bits per heavy atom. The number of hydrazone groups is 1. The number of nitrogens with two attached hydrogens (primary N) is 1. The molecule has 9 heteroatoms. The molecule has 2 aromatic rings. The highest BCUT2D eigenvalue weighted by Gasteiger charge is 2.54. The lowest BCUT2D eigenvalue weighted by Gasteiger charge is -2.39. The Hall–Kier alpha value is -3.26. The third-order valence-electron chi connectivity index (χ3n) is 6.14. The van der Waals surface area contributed by atoms with Crippen LogP contribution in [0.3, 0.4) is 0 Å². The second kappa shape index (κ2) is 9.31. The van der Waals surface area contributed by atoms with Crippen molar-refractivity contribution >= 4 is 35.0 Å². The van der Waals surface area contributed by atoms with Crippen molar-refractivity contribution in [2.45, 2.75) is 25.7 Å². The largest absolute Gasteiger partial charge is 0.368 e. The zero-order valence-electron chi connectivity index (χ0n) is 18.0. The molecule has 0 spiro atoms. The van der Waals surface area contributed by atoms with Gasteiger partial charge in [0.2, 0.25) is 11.8 Å². The maximum Gasteiger partial charge on any atom is 0.257 e. The molecule has 2 heterocycles. The summed E-state index contributed by atoms with van der Waals surface area (Å²) < 4.78 is 13.4. The molecule has 2 aliphatic rings. The van der Waals surface area contributed by atoms with E-state index in [1.54, 1.807) is 29.2 Å². The number of nitrogens with zero attached hydrogens (tertiary/aromatic N) is 3. The van der Waals surface area contributed by atoms with Crippen LogP contribution in [0.2, 0.25) is 5.02 Å². The lowest BCUT2D eigenvalue weighted by atomic mass is 9.73. The summed E-state index contributed by atoms with van der Waals surface area (Å²) in [5, 5.41) is 6.12. The summed E-state index contributed by atoms with van der Waals surface area (Å²) in [5.41, 5.74) is 6.57. The number of fused-ring (bicyclic) bond motifs is 1. The zero-order valence-corrected chi connectivity index (χ0v) is 18.7. The predicted octanol–water partition coefficient (Wildman–Crippen LogP) is 2.56. The molecule has 0 saturated carbocycles. The number of hydrogen-bond donors (Lipinski definition) is 1. The number of carbonyl (C=O) groups excluding carboxylic acids is 3. The van der Waals surface area contributed by atoms with Crippen LogP contribution in [0.1, 0.15) is 24.0 Å². The topological polar surface area (TPSA) is 96.1 Å². The first-order valence-corrected chi connectivity index (χ1v) is 11.1. The number of hydrogen-bond acceptors (Lipinski definition) is 4. The number of carbonyl (C=O) groups is 3. The van der Waals surface area contributed by atoms with E-state index in [9.17, 15) is 18.8 Å². The molecule has 0 aromatic heterocycles. The van der Waals surface area contributed by atoms with Crippen LogP contribution in [0.15, 0.2) is 53.6 Å². The molecule has 3 amide bonds. The summed E-state index contributed by atoms with van der Waals surface area (Å²) in [4.78, 5) is 39.6. The highest BCUT2D eigenvalue weighted by atomic mass is 35.5. The van der Waals surface area contributed by atoms with Crippen molar-refractivity contribution in [3.05, 3.63) is 70.5 Å². The average molecular weight is 471 g/mol. The molecule has 1 atom stereocenters. The first-order valence-electron chi connectivity index (χ1n) is 10.7. The van der Waals surface area contributed by atoms with Gasteiger partial charge in [0.25, 0.3) is 5.91 Å². The number of halogens is 2. The third kappa shape index (κ3) is 4.90. The van der Waals surface area contributed by atoms with Gasteiger partial charge in [-0.25, -0.2) is 9.40 Å². The fraction of sp³-hybridized carbons (Fsp3) is 0.333. The Bertz CT molecular complexity index is 1100. The van der Waals surface area contributed by atoms with Crippen LogP contribution in [0.4, 0.5) is 4.39 Å². The van der Waals surface area contributed by atoms with Gasteiger partial charge in [-0.15, -0.1) is 0 Å². The number of primary amides is 1. The summed E-state index contributed by atoms with van der Waals surface area (Å²) in [5.74, 6) is -1.47. The molecule has 2 N–H and O–H groups in total. The van der Waals surface area contributed by atoms with Gasteiger partial charge in [-0.05, 0) is 48.2 Å². The SMILES string of the molecule is NC(=O)CN1N=C2CCN(C(=O)CCc3ccc(Cl)cc3)C[C@]2(Cc2ccc(F)cc2)C1=O. The molecule has 4 rings (SSSR count). The van der Waals surface area contributed by atoms with Crippen LogP contribution in [0.5, 0.6) is 0 Å². The Kier molecular flexibility index (Phi) is 6.47. The summed E-state index contributed by atoms with van der Waals surface area (Å²) >= 11 is 5.92. The fourth-order valence-corrected chi connectivity index (χ4v) is 4.59. The van der Waals surface area contributed by atoms with Crippen LogP contribution in [0, 0.1) is 11.2 Å². The molecule has 2 aromatic carbocycles. The Labute approximate surface area is 196 Å². The molecule has 0 bridgehead atoms. The van der Waals surface area contributed by atoms with Crippen molar-refractivity contribution < 1.29 is 18.8 Å². The van der Waals surface area contributed by atoms with E-state index in [-0.39, 0.29) is 37.1 Å². The number of aryl methyl sites for hydroxylation is 1. The van der Waals surface area contributed by atoms with Crippen molar-refractivity contribution in [3.63, 3.8) is 0 Å².